The van der Waals surface area contributed by atoms with Gasteiger partial charge in [-0.15, -0.1) is 0 Å². The van der Waals surface area contributed by atoms with E-state index in [0.717, 1.165) is 22.0 Å². The van der Waals surface area contributed by atoms with Crippen LogP contribution in [0.4, 0.5) is 5.69 Å². The molecule has 0 N–H and O–H groups in total. The molecule has 3 aromatic rings. The lowest BCUT2D eigenvalue weighted by Crippen LogP contribution is -1.91. The molecule has 0 aliphatic heterocycles. The van der Waals surface area contributed by atoms with E-state index in [0.29, 0.717) is 11.5 Å². The molecule has 0 atom stereocenters. The maximum absolute atomic E-state index is 10.8. The third-order valence-corrected chi connectivity index (χ3v) is 4.21. The Kier molecular flexibility index (Phi) is 4.91. The van der Waals surface area contributed by atoms with Crippen LogP contribution in [-0.2, 0) is 5.33 Å². The lowest BCUT2D eigenvalue weighted by Gasteiger charge is -2.13. The molecule has 0 saturated heterocycles. The average Bonchev–Trinajstić information content (AvgIpc) is 2.63. The molecule has 0 aromatic heterocycles. The number of benzene rings is 3. The van der Waals surface area contributed by atoms with E-state index < -0.39 is 4.92 Å². The standard InChI is InChI=1S/C19H14BrNO3/c20-13-14-6-11-18(15-4-2-1-3-5-15)19(12-14)24-17-9-7-16(8-10-17)21(22)23/h1-12H,13H2. The fraction of sp³-hybridized carbons (Fsp3) is 0.0526. The Labute approximate surface area is 148 Å². The number of ether oxygens (including phenoxy) is 1. The van der Waals surface area contributed by atoms with E-state index >= 15 is 0 Å². The van der Waals surface area contributed by atoms with Crippen molar-refractivity contribution in [3.05, 3.63) is 88.5 Å². The van der Waals surface area contributed by atoms with Gasteiger partial charge in [-0.1, -0.05) is 58.4 Å². The number of rotatable bonds is 5. The van der Waals surface area contributed by atoms with Crippen molar-refractivity contribution in [1.29, 1.82) is 0 Å². The number of hydrogen-bond donors (Lipinski definition) is 0. The highest BCUT2D eigenvalue weighted by Crippen LogP contribution is 2.35. The minimum atomic E-state index is -0.426. The van der Waals surface area contributed by atoms with Crippen LogP contribution < -0.4 is 4.74 Å². The van der Waals surface area contributed by atoms with Crippen LogP contribution in [-0.4, -0.2) is 4.92 Å². The summed E-state index contributed by atoms with van der Waals surface area (Å²) in [7, 11) is 0. The first kappa shape index (κ1) is 16.2. The minimum absolute atomic E-state index is 0.0415. The van der Waals surface area contributed by atoms with Crippen molar-refractivity contribution in [2.24, 2.45) is 0 Å². The number of alkyl halides is 1. The maximum Gasteiger partial charge on any atom is 0.269 e. The monoisotopic (exact) mass is 383 g/mol. The van der Waals surface area contributed by atoms with Gasteiger partial charge in [0.05, 0.1) is 4.92 Å². The molecule has 4 nitrogen and oxygen atoms in total. The van der Waals surface area contributed by atoms with Crippen LogP contribution >= 0.6 is 15.9 Å². The van der Waals surface area contributed by atoms with E-state index in [9.17, 15) is 10.1 Å². The Morgan fingerprint density at radius 2 is 1.67 bits per heavy atom. The summed E-state index contributed by atoms with van der Waals surface area (Å²) in [5, 5.41) is 11.5. The molecule has 0 bridgehead atoms. The Morgan fingerprint density at radius 1 is 0.958 bits per heavy atom. The number of nitrogens with zero attached hydrogens (tertiary/aromatic N) is 1. The van der Waals surface area contributed by atoms with Crippen LogP contribution in [0.25, 0.3) is 11.1 Å². The van der Waals surface area contributed by atoms with E-state index in [1.54, 1.807) is 12.1 Å². The fourth-order valence-electron chi connectivity index (χ4n) is 2.35. The Bertz CT molecular complexity index is 848. The van der Waals surface area contributed by atoms with Crippen LogP contribution in [0.5, 0.6) is 11.5 Å². The Morgan fingerprint density at radius 3 is 2.29 bits per heavy atom. The van der Waals surface area contributed by atoms with Gasteiger partial charge in [0.2, 0.25) is 0 Å². The van der Waals surface area contributed by atoms with Gasteiger partial charge in [0, 0.05) is 23.0 Å². The molecule has 120 valence electrons. The van der Waals surface area contributed by atoms with Gasteiger partial charge in [-0.05, 0) is 29.3 Å². The molecule has 0 radical (unpaired) electrons. The van der Waals surface area contributed by atoms with Crippen molar-refractivity contribution in [3.8, 4) is 22.6 Å². The molecule has 24 heavy (non-hydrogen) atoms. The van der Waals surface area contributed by atoms with Crippen LogP contribution in [0.1, 0.15) is 5.56 Å². The smallest absolute Gasteiger partial charge is 0.269 e. The Hall–Kier alpha value is -2.66. The molecule has 0 saturated carbocycles. The van der Waals surface area contributed by atoms with Gasteiger partial charge in [0.25, 0.3) is 5.69 Å². The fourth-order valence-corrected chi connectivity index (χ4v) is 2.70. The molecular formula is C19H14BrNO3. The number of nitro groups is 1. The molecule has 0 fully saturated rings. The van der Waals surface area contributed by atoms with E-state index in [-0.39, 0.29) is 5.69 Å². The van der Waals surface area contributed by atoms with Crippen molar-refractivity contribution in [1.82, 2.24) is 0 Å². The van der Waals surface area contributed by atoms with E-state index in [2.05, 4.69) is 15.9 Å². The highest BCUT2D eigenvalue weighted by atomic mass is 79.9. The first-order valence-electron chi connectivity index (χ1n) is 7.34. The molecule has 3 aromatic carbocycles. The first-order chi connectivity index (χ1) is 11.7. The van der Waals surface area contributed by atoms with Crippen molar-refractivity contribution < 1.29 is 9.66 Å². The zero-order valence-corrected chi connectivity index (χ0v) is 14.3. The van der Waals surface area contributed by atoms with E-state index in [4.69, 9.17) is 4.74 Å². The first-order valence-corrected chi connectivity index (χ1v) is 8.46. The number of hydrogen-bond acceptors (Lipinski definition) is 3. The van der Waals surface area contributed by atoms with Gasteiger partial charge < -0.3 is 4.74 Å². The van der Waals surface area contributed by atoms with Crippen molar-refractivity contribution in [3.63, 3.8) is 0 Å². The minimum Gasteiger partial charge on any atom is -0.457 e. The average molecular weight is 384 g/mol. The molecule has 3 rings (SSSR count). The summed E-state index contributed by atoms with van der Waals surface area (Å²) in [5.74, 6) is 1.27. The predicted octanol–water partition coefficient (Wildman–Crippen LogP) is 5.95. The predicted molar refractivity (Wildman–Crippen MR) is 97.7 cm³/mol. The molecule has 0 heterocycles. The van der Waals surface area contributed by atoms with Gasteiger partial charge in [0.15, 0.2) is 0 Å². The highest BCUT2D eigenvalue weighted by molar-refractivity contribution is 9.08. The maximum atomic E-state index is 10.8. The van der Waals surface area contributed by atoms with Gasteiger partial charge >= 0.3 is 0 Å². The number of non-ortho nitro benzene ring substituents is 1. The van der Waals surface area contributed by atoms with Crippen LogP contribution in [0.15, 0.2) is 72.8 Å². The molecule has 0 unspecified atom stereocenters. The van der Waals surface area contributed by atoms with E-state index in [1.807, 2.05) is 48.5 Å². The quantitative estimate of drug-likeness (QED) is 0.310. The van der Waals surface area contributed by atoms with Gasteiger partial charge in [-0.2, -0.15) is 0 Å². The summed E-state index contributed by atoms with van der Waals surface area (Å²) >= 11 is 3.45. The number of nitro benzene ring substituents is 1. The second kappa shape index (κ2) is 7.27. The second-order valence-corrected chi connectivity index (χ2v) is 5.74. The molecule has 0 amide bonds. The molecule has 5 heteroatoms. The van der Waals surface area contributed by atoms with Gasteiger partial charge in [0.1, 0.15) is 11.5 Å². The third kappa shape index (κ3) is 3.63. The van der Waals surface area contributed by atoms with Crippen LogP contribution in [0.2, 0.25) is 0 Å². The normalized spacial score (nSPS) is 10.4. The largest absolute Gasteiger partial charge is 0.457 e. The van der Waals surface area contributed by atoms with Crippen molar-refractivity contribution in [2.75, 3.05) is 0 Å². The summed E-state index contributed by atoms with van der Waals surface area (Å²) in [6, 6.07) is 22.1. The summed E-state index contributed by atoms with van der Waals surface area (Å²) in [4.78, 5) is 10.3. The Balaban J connectivity index is 1.97. The highest BCUT2D eigenvalue weighted by Gasteiger charge is 2.10. The molecule has 0 spiro atoms. The van der Waals surface area contributed by atoms with Crippen LogP contribution in [0, 0.1) is 10.1 Å². The topological polar surface area (TPSA) is 52.4 Å². The lowest BCUT2D eigenvalue weighted by molar-refractivity contribution is -0.384. The second-order valence-electron chi connectivity index (χ2n) is 5.18. The number of halogens is 1. The van der Waals surface area contributed by atoms with Crippen molar-refractivity contribution in [2.45, 2.75) is 5.33 Å². The lowest BCUT2D eigenvalue weighted by atomic mass is 10.0. The third-order valence-electron chi connectivity index (χ3n) is 3.56. The van der Waals surface area contributed by atoms with E-state index in [1.165, 1.54) is 12.1 Å². The van der Waals surface area contributed by atoms with Crippen molar-refractivity contribution >= 4 is 21.6 Å². The van der Waals surface area contributed by atoms with Gasteiger partial charge in [-0.25, -0.2) is 0 Å². The summed E-state index contributed by atoms with van der Waals surface area (Å²) in [6.45, 7) is 0. The summed E-state index contributed by atoms with van der Waals surface area (Å²) in [5.41, 5.74) is 3.15. The molecule has 0 aliphatic carbocycles. The zero-order chi connectivity index (χ0) is 16.9. The van der Waals surface area contributed by atoms with Crippen LogP contribution in [0.3, 0.4) is 0 Å². The summed E-state index contributed by atoms with van der Waals surface area (Å²) < 4.78 is 6.00. The zero-order valence-electron chi connectivity index (χ0n) is 12.7. The van der Waals surface area contributed by atoms with Gasteiger partial charge in [-0.3, -0.25) is 10.1 Å². The molecular weight excluding hydrogens is 370 g/mol. The summed E-state index contributed by atoms with van der Waals surface area (Å²) in [6.07, 6.45) is 0. The molecule has 0 aliphatic rings. The SMILES string of the molecule is O=[N+]([O-])c1ccc(Oc2cc(CBr)ccc2-c2ccccc2)cc1.